The lowest BCUT2D eigenvalue weighted by Gasteiger charge is -2.20. The van der Waals surface area contributed by atoms with E-state index in [1.807, 2.05) is 48.7 Å². The van der Waals surface area contributed by atoms with Crippen molar-refractivity contribution in [3.63, 3.8) is 0 Å². The first-order valence-electron chi connectivity index (χ1n) is 10.6. The Kier molecular flexibility index (Phi) is 7.17. The van der Waals surface area contributed by atoms with Crippen molar-refractivity contribution in [3.05, 3.63) is 94.6 Å². The molecule has 0 saturated carbocycles. The summed E-state index contributed by atoms with van der Waals surface area (Å²) in [6.07, 6.45) is 1.97. The van der Waals surface area contributed by atoms with Crippen LogP contribution < -0.4 is 14.8 Å². The molecule has 4 aromatic rings. The van der Waals surface area contributed by atoms with Gasteiger partial charge in [0.2, 0.25) is 0 Å². The monoisotopic (exact) mass is 464 g/mol. The third kappa shape index (κ3) is 4.97. The number of carbonyl (C=O) groups is 1. The van der Waals surface area contributed by atoms with E-state index < -0.39 is 0 Å². The van der Waals surface area contributed by atoms with Gasteiger partial charge in [-0.25, -0.2) is 0 Å². The van der Waals surface area contributed by atoms with Gasteiger partial charge in [0.15, 0.2) is 11.5 Å². The molecule has 0 aliphatic rings. The second-order valence-electron chi connectivity index (χ2n) is 7.51. The van der Waals surface area contributed by atoms with E-state index in [1.165, 1.54) is 7.11 Å². The van der Waals surface area contributed by atoms with Crippen LogP contribution in [0.1, 0.15) is 27.4 Å². The van der Waals surface area contributed by atoms with Crippen molar-refractivity contribution in [2.45, 2.75) is 5.92 Å². The fourth-order valence-corrected chi connectivity index (χ4v) is 4.18. The van der Waals surface area contributed by atoms with Gasteiger partial charge in [0, 0.05) is 40.1 Å². The molecule has 0 aliphatic carbocycles. The van der Waals surface area contributed by atoms with Crippen molar-refractivity contribution in [2.24, 2.45) is 0 Å². The van der Waals surface area contributed by atoms with Crippen LogP contribution in [-0.4, -0.2) is 42.9 Å². The van der Waals surface area contributed by atoms with Crippen LogP contribution in [0.2, 0.25) is 5.02 Å². The van der Waals surface area contributed by atoms with Gasteiger partial charge in [-0.05, 0) is 41.5 Å². The van der Waals surface area contributed by atoms with Gasteiger partial charge in [0.1, 0.15) is 6.61 Å². The summed E-state index contributed by atoms with van der Waals surface area (Å²) in [6.45, 7) is 0.323. The predicted octanol–water partition coefficient (Wildman–Crippen LogP) is 4.76. The fraction of sp³-hybridized carbons (Fsp3) is 0.192. The fourth-order valence-electron chi connectivity index (χ4n) is 3.91. The Morgan fingerprint density at radius 3 is 2.64 bits per heavy atom. The van der Waals surface area contributed by atoms with Crippen molar-refractivity contribution in [2.75, 3.05) is 26.9 Å². The highest BCUT2D eigenvalue weighted by atomic mass is 35.5. The molecule has 1 unspecified atom stereocenters. The van der Waals surface area contributed by atoms with Crippen LogP contribution in [0.25, 0.3) is 10.9 Å². The van der Waals surface area contributed by atoms with Crippen LogP contribution in [0.3, 0.4) is 0 Å². The summed E-state index contributed by atoms with van der Waals surface area (Å²) in [4.78, 5) is 16.3. The maximum atomic E-state index is 13.0. The average Bonchev–Trinajstić information content (AvgIpc) is 3.27. The lowest BCUT2D eigenvalue weighted by molar-refractivity contribution is 0.0952. The number of hydrogen-bond donors (Lipinski definition) is 3. The number of ether oxygens (including phenoxy) is 2. The average molecular weight is 465 g/mol. The van der Waals surface area contributed by atoms with Crippen LogP contribution >= 0.6 is 11.6 Å². The number of benzene rings is 3. The van der Waals surface area contributed by atoms with Crippen LogP contribution in [0.5, 0.6) is 11.5 Å². The van der Waals surface area contributed by atoms with Gasteiger partial charge in [-0.2, -0.15) is 0 Å². The van der Waals surface area contributed by atoms with Gasteiger partial charge in [0.25, 0.3) is 5.91 Å². The number of amides is 1. The quantitative estimate of drug-likeness (QED) is 0.333. The van der Waals surface area contributed by atoms with Crippen molar-refractivity contribution in [3.8, 4) is 11.5 Å². The van der Waals surface area contributed by atoms with Gasteiger partial charge < -0.3 is 24.9 Å². The highest BCUT2D eigenvalue weighted by Crippen LogP contribution is 2.34. The van der Waals surface area contributed by atoms with Crippen LogP contribution in [-0.2, 0) is 0 Å². The van der Waals surface area contributed by atoms with Crippen LogP contribution in [0.15, 0.2) is 72.9 Å². The molecule has 1 heterocycles. The highest BCUT2D eigenvalue weighted by Gasteiger charge is 2.22. The number of hydrogen-bond acceptors (Lipinski definition) is 4. The van der Waals surface area contributed by atoms with E-state index in [-0.39, 0.29) is 25.0 Å². The van der Waals surface area contributed by atoms with Crippen molar-refractivity contribution < 1.29 is 19.4 Å². The zero-order valence-electron chi connectivity index (χ0n) is 18.2. The third-order valence-electron chi connectivity index (χ3n) is 5.52. The number of methoxy groups -OCH3 is 1. The predicted molar refractivity (Wildman–Crippen MR) is 130 cm³/mol. The smallest absolute Gasteiger partial charge is 0.251 e. The van der Waals surface area contributed by atoms with E-state index in [0.717, 1.165) is 22.0 Å². The zero-order valence-corrected chi connectivity index (χ0v) is 18.9. The number of aromatic nitrogens is 1. The number of aliphatic hydroxyl groups excluding tert-OH is 1. The number of nitrogens with one attached hydrogen (secondary N) is 2. The minimum Gasteiger partial charge on any atom is -0.493 e. The molecule has 33 heavy (non-hydrogen) atoms. The van der Waals surface area contributed by atoms with Gasteiger partial charge in [0.05, 0.1) is 13.7 Å². The Morgan fingerprint density at radius 2 is 1.85 bits per heavy atom. The SMILES string of the molecule is COc1ccc(C(=O)NCC(c2ccccc2Cl)c2c[nH]c3ccccc23)cc1OCCO. The number of halogens is 1. The summed E-state index contributed by atoms with van der Waals surface area (Å²) >= 11 is 6.55. The second-order valence-corrected chi connectivity index (χ2v) is 7.92. The number of aliphatic hydroxyl groups is 1. The lowest BCUT2D eigenvalue weighted by Crippen LogP contribution is -2.29. The molecule has 1 aromatic heterocycles. The molecule has 170 valence electrons. The maximum absolute atomic E-state index is 13.0. The largest absolute Gasteiger partial charge is 0.493 e. The van der Waals surface area contributed by atoms with Crippen molar-refractivity contribution in [1.29, 1.82) is 0 Å². The van der Waals surface area contributed by atoms with Crippen LogP contribution in [0, 0.1) is 0 Å². The van der Waals surface area contributed by atoms with Gasteiger partial charge in [-0.15, -0.1) is 0 Å². The first-order chi connectivity index (χ1) is 16.1. The Labute approximate surface area is 197 Å². The topological polar surface area (TPSA) is 83.6 Å². The molecule has 0 radical (unpaired) electrons. The Balaban J connectivity index is 1.61. The first-order valence-corrected chi connectivity index (χ1v) is 11.0. The molecule has 1 amide bonds. The third-order valence-corrected chi connectivity index (χ3v) is 5.86. The van der Waals surface area contributed by atoms with E-state index in [0.29, 0.717) is 28.6 Å². The van der Waals surface area contributed by atoms with E-state index in [2.05, 4.69) is 16.4 Å². The normalized spacial score (nSPS) is 11.8. The number of carbonyl (C=O) groups excluding carboxylic acids is 1. The molecule has 0 saturated heterocycles. The molecule has 1 atom stereocenters. The molecule has 7 heteroatoms. The molecule has 0 spiro atoms. The number of H-pyrrole nitrogens is 1. The Hall–Kier alpha value is -3.48. The molecule has 0 fully saturated rings. The summed E-state index contributed by atoms with van der Waals surface area (Å²) in [5.41, 5.74) is 3.45. The van der Waals surface area contributed by atoms with Gasteiger partial charge in [-0.1, -0.05) is 48.0 Å². The number of rotatable bonds is 9. The summed E-state index contributed by atoms with van der Waals surface area (Å²) < 4.78 is 10.8. The van der Waals surface area contributed by atoms with E-state index in [9.17, 15) is 4.79 Å². The summed E-state index contributed by atoms with van der Waals surface area (Å²) in [7, 11) is 1.52. The molecular weight excluding hydrogens is 440 g/mol. The second kappa shape index (κ2) is 10.4. The van der Waals surface area contributed by atoms with Crippen LogP contribution in [0.4, 0.5) is 0 Å². The van der Waals surface area contributed by atoms with Crippen molar-refractivity contribution >= 4 is 28.4 Å². The van der Waals surface area contributed by atoms with Gasteiger partial charge in [-0.3, -0.25) is 4.79 Å². The molecule has 0 aliphatic heterocycles. The van der Waals surface area contributed by atoms with Gasteiger partial charge >= 0.3 is 0 Å². The molecule has 6 nitrogen and oxygen atoms in total. The highest BCUT2D eigenvalue weighted by molar-refractivity contribution is 6.31. The minimum absolute atomic E-state index is 0.108. The molecule has 3 aromatic carbocycles. The first kappa shape index (κ1) is 22.7. The summed E-state index contributed by atoms with van der Waals surface area (Å²) in [6, 6.07) is 20.7. The number of fused-ring (bicyclic) bond motifs is 1. The molecule has 0 bridgehead atoms. The number of aromatic amines is 1. The van der Waals surface area contributed by atoms with E-state index in [1.54, 1.807) is 18.2 Å². The zero-order chi connectivity index (χ0) is 23.2. The molecule has 3 N–H and O–H groups in total. The minimum atomic E-state index is -0.247. The molecular formula is C26H25ClN2O4. The Bertz CT molecular complexity index is 1250. The lowest BCUT2D eigenvalue weighted by atomic mass is 9.90. The standard InChI is InChI=1S/C26H25ClN2O4/c1-32-24-11-10-17(14-25(24)33-13-12-30)26(31)29-16-20(18-6-2-4-8-22(18)27)21-15-28-23-9-5-3-7-19(21)23/h2-11,14-15,20,28,30H,12-13,16H2,1H3,(H,29,31). The summed E-state index contributed by atoms with van der Waals surface area (Å²) in [5, 5.41) is 13.8. The molecule has 4 rings (SSSR count). The maximum Gasteiger partial charge on any atom is 0.251 e. The summed E-state index contributed by atoms with van der Waals surface area (Å²) in [5.74, 6) is 0.497. The Morgan fingerprint density at radius 1 is 1.06 bits per heavy atom. The van der Waals surface area contributed by atoms with Crippen molar-refractivity contribution in [1.82, 2.24) is 10.3 Å². The number of para-hydroxylation sites is 1. The van der Waals surface area contributed by atoms with E-state index >= 15 is 0 Å². The van der Waals surface area contributed by atoms with E-state index in [4.69, 9.17) is 26.2 Å².